The van der Waals surface area contributed by atoms with Crippen molar-refractivity contribution in [3.05, 3.63) is 22.8 Å². The number of piperazine rings is 1. The molecule has 0 saturated carbocycles. The van der Waals surface area contributed by atoms with E-state index in [-0.39, 0.29) is 5.92 Å². The maximum atomic E-state index is 9.13. The Kier molecular flexibility index (Phi) is 5.98. The monoisotopic (exact) mass is 347 g/mol. The molecule has 0 unspecified atom stereocenters. The van der Waals surface area contributed by atoms with Gasteiger partial charge in [-0.15, -0.1) is 0 Å². The first-order valence-corrected chi connectivity index (χ1v) is 7.87. The number of halogens is 1. The molecule has 0 aliphatic carbocycles. The molecule has 0 spiro atoms. The molecule has 0 amide bonds. The highest BCUT2D eigenvalue weighted by molar-refractivity contribution is 9.10. The Bertz CT molecular complexity index is 522. The van der Waals surface area contributed by atoms with Crippen LogP contribution in [0.3, 0.4) is 0 Å². The van der Waals surface area contributed by atoms with Crippen LogP contribution in [0, 0.1) is 28.6 Å². The number of anilines is 1. The lowest BCUT2D eigenvalue weighted by Crippen LogP contribution is -2.48. The molecule has 0 N–H and O–H groups in total. The summed E-state index contributed by atoms with van der Waals surface area (Å²) in [7, 11) is 0. The zero-order chi connectivity index (χ0) is 15.1. The van der Waals surface area contributed by atoms with Crippen molar-refractivity contribution in [3.8, 4) is 12.1 Å². The van der Waals surface area contributed by atoms with Gasteiger partial charge in [-0.3, -0.25) is 4.90 Å². The summed E-state index contributed by atoms with van der Waals surface area (Å²) in [6.45, 7) is 4.47. The fraction of sp³-hybridized carbons (Fsp3) is 0.533. The van der Waals surface area contributed by atoms with Gasteiger partial charge in [-0.05, 0) is 34.5 Å². The number of aromatic nitrogens is 1. The van der Waals surface area contributed by atoms with Gasteiger partial charge in [-0.1, -0.05) is 0 Å². The van der Waals surface area contributed by atoms with Gasteiger partial charge in [-0.25, -0.2) is 4.98 Å². The Morgan fingerprint density at radius 2 is 2.00 bits per heavy atom. The maximum absolute atomic E-state index is 9.13. The van der Waals surface area contributed by atoms with E-state index in [0.29, 0.717) is 12.8 Å². The van der Waals surface area contributed by atoms with E-state index in [1.807, 2.05) is 18.3 Å². The van der Waals surface area contributed by atoms with Gasteiger partial charge in [-0.2, -0.15) is 10.5 Å². The highest BCUT2D eigenvalue weighted by atomic mass is 79.9. The summed E-state index contributed by atoms with van der Waals surface area (Å²) in [4.78, 5) is 8.99. The van der Waals surface area contributed by atoms with Crippen LogP contribution >= 0.6 is 15.9 Å². The number of nitriles is 2. The van der Waals surface area contributed by atoms with Gasteiger partial charge in [0.15, 0.2) is 0 Å². The van der Waals surface area contributed by atoms with E-state index in [9.17, 15) is 0 Å². The van der Waals surface area contributed by atoms with Crippen LogP contribution in [0.1, 0.15) is 12.8 Å². The van der Waals surface area contributed by atoms with Gasteiger partial charge in [0.2, 0.25) is 0 Å². The Balaban J connectivity index is 1.81. The van der Waals surface area contributed by atoms with Crippen LogP contribution in [0.25, 0.3) is 0 Å². The zero-order valence-electron chi connectivity index (χ0n) is 11.9. The van der Waals surface area contributed by atoms with Crippen molar-refractivity contribution >= 4 is 21.7 Å². The second kappa shape index (κ2) is 7.97. The molecule has 1 atom stereocenters. The van der Waals surface area contributed by atoms with E-state index in [1.165, 1.54) is 0 Å². The third kappa shape index (κ3) is 4.70. The molecule has 1 aromatic rings. The van der Waals surface area contributed by atoms with Crippen LogP contribution in [0.15, 0.2) is 22.8 Å². The molecule has 2 heterocycles. The molecule has 0 aromatic carbocycles. The minimum absolute atomic E-state index is 0.0398. The van der Waals surface area contributed by atoms with Gasteiger partial charge in [0.25, 0.3) is 0 Å². The summed E-state index contributed by atoms with van der Waals surface area (Å²) in [6, 6.07) is 8.44. The lowest BCUT2D eigenvalue weighted by molar-refractivity contribution is 0.232. The minimum atomic E-state index is -0.0398. The summed E-state index contributed by atoms with van der Waals surface area (Å²) in [6.07, 6.45) is 2.94. The Morgan fingerprint density at radius 3 is 2.57 bits per heavy atom. The third-order valence-corrected chi connectivity index (χ3v) is 4.14. The number of hydrogen-bond donors (Lipinski definition) is 0. The molecule has 21 heavy (non-hydrogen) atoms. The third-order valence-electron chi connectivity index (χ3n) is 3.67. The van der Waals surface area contributed by atoms with E-state index < -0.39 is 0 Å². The lowest BCUT2D eigenvalue weighted by Gasteiger charge is -2.36. The maximum Gasteiger partial charge on any atom is 0.128 e. The molecule has 1 aromatic heterocycles. The molecule has 6 heteroatoms. The number of rotatable bonds is 5. The van der Waals surface area contributed by atoms with Gasteiger partial charge in [0.05, 0.1) is 18.1 Å². The van der Waals surface area contributed by atoms with E-state index in [4.69, 9.17) is 10.5 Å². The van der Waals surface area contributed by atoms with Gasteiger partial charge in [0, 0.05) is 49.8 Å². The Morgan fingerprint density at radius 1 is 1.24 bits per heavy atom. The summed E-state index contributed by atoms with van der Waals surface area (Å²) < 4.78 is 0.985. The normalized spacial score (nSPS) is 17.0. The number of hydrogen-bond acceptors (Lipinski definition) is 5. The van der Waals surface area contributed by atoms with Crippen molar-refractivity contribution in [2.45, 2.75) is 12.8 Å². The fourth-order valence-corrected chi connectivity index (χ4v) is 2.70. The van der Waals surface area contributed by atoms with Crippen molar-refractivity contribution in [3.63, 3.8) is 0 Å². The van der Waals surface area contributed by atoms with Crippen molar-refractivity contribution in [2.24, 2.45) is 5.92 Å². The highest BCUT2D eigenvalue weighted by Crippen LogP contribution is 2.17. The van der Waals surface area contributed by atoms with Crippen LogP contribution in [0.2, 0.25) is 0 Å². The molecule has 1 aliphatic rings. The Labute approximate surface area is 133 Å². The van der Waals surface area contributed by atoms with Crippen LogP contribution in [-0.4, -0.2) is 42.6 Å². The first kappa shape index (κ1) is 15.8. The van der Waals surface area contributed by atoms with Crippen LogP contribution in [-0.2, 0) is 0 Å². The molecule has 1 saturated heterocycles. The predicted molar refractivity (Wildman–Crippen MR) is 84.5 cm³/mol. The van der Waals surface area contributed by atoms with Crippen molar-refractivity contribution in [1.29, 1.82) is 10.5 Å². The van der Waals surface area contributed by atoms with E-state index >= 15 is 0 Å². The molecule has 0 bridgehead atoms. The van der Waals surface area contributed by atoms with Crippen LogP contribution < -0.4 is 4.90 Å². The molecule has 1 aliphatic heterocycles. The predicted octanol–water partition coefficient (Wildman–Crippen LogP) is 2.41. The second-order valence-electron chi connectivity index (χ2n) is 5.15. The molecular weight excluding hydrogens is 330 g/mol. The van der Waals surface area contributed by atoms with E-state index in [2.05, 4.69) is 42.9 Å². The second-order valence-corrected chi connectivity index (χ2v) is 6.06. The van der Waals surface area contributed by atoms with Crippen molar-refractivity contribution in [2.75, 3.05) is 37.6 Å². The van der Waals surface area contributed by atoms with E-state index in [0.717, 1.165) is 43.0 Å². The average molecular weight is 348 g/mol. The molecule has 1 fully saturated rings. The van der Waals surface area contributed by atoms with Gasteiger partial charge >= 0.3 is 0 Å². The Hall–Kier alpha value is -1.63. The largest absolute Gasteiger partial charge is 0.354 e. The van der Waals surface area contributed by atoms with Gasteiger partial charge < -0.3 is 4.90 Å². The first-order chi connectivity index (χ1) is 10.2. The fourth-order valence-electron chi connectivity index (χ4n) is 2.46. The number of nitrogens with zero attached hydrogens (tertiary/aromatic N) is 5. The van der Waals surface area contributed by atoms with Crippen LogP contribution in [0.4, 0.5) is 5.82 Å². The average Bonchev–Trinajstić information content (AvgIpc) is 2.53. The quantitative estimate of drug-likeness (QED) is 0.818. The topological polar surface area (TPSA) is 67.0 Å². The summed E-state index contributed by atoms with van der Waals surface area (Å²) >= 11 is 3.39. The van der Waals surface area contributed by atoms with Crippen LogP contribution in [0.5, 0.6) is 0 Å². The van der Waals surface area contributed by atoms with E-state index in [1.54, 1.807) is 0 Å². The summed E-state index contributed by atoms with van der Waals surface area (Å²) in [5.74, 6) is 0.959. The molecule has 5 nitrogen and oxygen atoms in total. The summed E-state index contributed by atoms with van der Waals surface area (Å²) in [5, 5.41) is 17.7. The van der Waals surface area contributed by atoms with Crippen molar-refractivity contribution < 1.29 is 0 Å². The van der Waals surface area contributed by atoms with Crippen molar-refractivity contribution in [1.82, 2.24) is 9.88 Å². The van der Waals surface area contributed by atoms with Gasteiger partial charge in [0.1, 0.15) is 5.82 Å². The standard InChI is InChI=1S/C15H18BrN5/c16-14-3-4-15(19-11-14)21-8-6-20(7-9-21)12-13(10-18)2-1-5-17/h3-4,11,13H,1-2,6-9,12H2/t13-/m0/s1. The zero-order valence-corrected chi connectivity index (χ0v) is 13.5. The number of pyridine rings is 1. The molecule has 0 radical (unpaired) electrons. The SMILES string of the molecule is N#CCC[C@@H](C#N)CN1CCN(c2ccc(Br)cn2)CC1. The molecule has 110 valence electrons. The lowest BCUT2D eigenvalue weighted by atomic mass is 10.0. The molecular formula is C15H18BrN5. The highest BCUT2D eigenvalue weighted by Gasteiger charge is 2.20. The first-order valence-electron chi connectivity index (χ1n) is 7.08. The minimum Gasteiger partial charge on any atom is -0.354 e. The summed E-state index contributed by atoms with van der Waals surface area (Å²) in [5.41, 5.74) is 0. The molecule has 2 rings (SSSR count). The smallest absolute Gasteiger partial charge is 0.128 e.